The third kappa shape index (κ3) is 7.61. The summed E-state index contributed by atoms with van der Waals surface area (Å²) in [6.45, 7) is 3.12. The minimum Gasteiger partial charge on any atom is -0.319 e. The predicted octanol–water partition coefficient (Wildman–Crippen LogP) is 0.267. The molecule has 1 atom stereocenters. The zero-order chi connectivity index (χ0) is 11.0. The van der Waals surface area contributed by atoms with Crippen molar-refractivity contribution >= 4 is 21.8 Å². The number of sulfonamides is 1. The maximum absolute atomic E-state index is 11.3. The second-order valence-electron chi connectivity index (χ2n) is 3.15. The summed E-state index contributed by atoms with van der Waals surface area (Å²) in [6.07, 6.45) is 2.90. The Labute approximate surface area is 91.3 Å². The molecule has 2 N–H and O–H groups in total. The van der Waals surface area contributed by atoms with Crippen LogP contribution in [0.15, 0.2) is 0 Å². The molecule has 0 saturated carbocycles. The Morgan fingerprint density at radius 2 is 2.00 bits per heavy atom. The second kappa shape index (κ2) is 7.50. The summed E-state index contributed by atoms with van der Waals surface area (Å²) >= 11 is 1.75. The lowest BCUT2D eigenvalue weighted by Gasteiger charge is -2.09. The molecule has 0 bridgehead atoms. The molecule has 0 saturated heterocycles. The molecule has 0 rings (SSSR count). The van der Waals surface area contributed by atoms with Crippen LogP contribution in [0.3, 0.4) is 0 Å². The summed E-state index contributed by atoms with van der Waals surface area (Å²) in [6, 6.07) is 0. The van der Waals surface area contributed by atoms with Crippen LogP contribution in [0, 0.1) is 0 Å². The van der Waals surface area contributed by atoms with Crippen molar-refractivity contribution in [1.82, 2.24) is 10.0 Å². The molecule has 0 aliphatic carbocycles. The minimum absolute atomic E-state index is 0.150. The Bertz CT molecular complexity index is 229. The van der Waals surface area contributed by atoms with Crippen molar-refractivity contribution in [3.8, 4) is 0 Å². The van der Waals surface area contributed by atoms with Crippen molar-refractivity contribution in [3.63, 3.8) is 0 Å². The Morgan fingerprint density at radius 3 is 2.50 bits per heavy atom. The van der Waals surface area contributed by atoms with Crippen molar-refractivity contribution in [1.29, 1.82) is 0 Å². The summed E-state index contributed by atoms with van der Waals surface area (Å²) < 4.78 is 25.2. The second-order valence-corrected chi connectivity index (χ2v) is 6.35. The molecular weight excluding hydrogens is 220 g/mol. The van der Waals surface area contributed by atoms with Gasteiger partial charge in [-0.05, 0) is 19.7 Å². The lowest BCUT2D eigenvalue weighted by Crippen LogP contribution is -2.32. The Kier molecular flexibility index (Phi) is 7.62. The normalized spacial score (nSPS) is 14.2. The van der Waals surface area contributed by atoms with Crippen molar-refractivity contribution in [2.75, 3.05) is 32.1 Å². The van der Waals surface area contributed by atoms with Crippen LogP contribution in [0.25, 0.3) is 0 Å². The molecule has 0 aliphatic rings. The smallest absolute Gasteiger partial charge is 0.212 e. The van der Waals surface area contributed by atoms with E-state index in [0.717, 1.165) is 6.42 Å². The largest absolute Gasteiger partial charge is 0.319 e. The van der Waals surface area contributed by atoms with E-state index in [1.165, 1.54) is 0 Å². The van der Waals surface area contributed by atoms with E-state index >= 15 is 0 Å². The average Bonchev–Trinajstić information content (AvgIpc) is 2.14. The lowest BCUT2D eigenvalue weighted by molar-refractivity contribution is 0.576. The molecule has 14 heavy (non-hydrogen) atoms. The SMILES string of the molecule is CNCCS(=O)(=O)NCCC(C)SC. The first-order valence-corrected chi connectivity index (χ1v) is 7.60. The fraction of sp³-hybridized carbons (Fsp3) is 1.00. The van der Waals surface area contributed by atoms with Gasteiger partial charge >= 0.3 is 0 Å². The molecule has 0 heterocycles. The van der Waals surface area contributed by atoms with Crippen molar-refractivity contribution < 1.29 is 8.42 Å². The van der Waals surface area contributed by atoms with E-state index in [4.69, 9.17) is 0 Å². The Balaban J connectivity index is 3.66. The van der Waals surface area contributed by atoms with E-state index in [1.54, 1.807) is 18.8 Å². The third-order valence-corrected chi connectivity index (χ3v) is 4.32. The van der Waals surface area contributed by atoms with Crippen LogP contribution in [0.1, 0.15) is 13.3 Å². The number of hydrogen-bond acceptors (Lipinski definition) is 4. The average molecular weight is 240 g/mol. The molecule has 0 aromatic carbocycles. The number of rotatable bonds is 8. The number of thioether (sulfide) groups is 1. The van der Waals surface area contributed by atoms with Gasteiger partial charge < -0.3 is 5.32 Å². The van der Waals surface area contributed by atoms with E-state index in [9.17, 15) is 8.42 Å². The van der Waals surface area contributed by atoms with Gasteiger partial charge in [0.25, 0.3) is 0 Å². The van der Waals surface area contributed by atoms with Crippen molar-refractivity contribution in [2.24, 2.45) is 0 Å². The summed E-state index contributed by atoms with van der Waals surface area (Å²) in [5.41, 5.74) is 0. The maximum Gasteiger partial charge on any atom is 0.212 e. The highest BCUT2D eigenvalue weighted by Crippen LogP contribution is 2.08. The van der Waals surface area contributed by atoms with E-state index in [-0.39, 0.29) is 5.75 Å². The minimum atomic E-state index is -3.07. The van der Waals surface area contributed by atoms with Gasteiger partial charge in [-0.2, -0.15) is 11.8 Å². The quantitative estimate of drug-likeness (QED) is 0.639. The van der Waals surface area contributed by atoms with Gasteiger partial charge in [0.05, 0.1) is 5.75 Å². The monoisotopic (exact) mass is 240 g/mol. The lowest BCUT2D eigenvalue weighted by atomic mass is 10.3. The van der Waals surface area contributed by atoms with E-state index in [0.29, 0.717) is 18.3 Å². The topological polar surface area (TPSA) is 58.2 Å². The fourth-order valence-corrected chi connectivity index (χ4v) is 2.24. The van der Waals surface area contributed by atoms with Crippen LogP contribution in [0.2, 0.25) is 0 Å². The molecule has 4 nitrogen and oxygen atoms in total. The van der Waals surface area contributed by atoms with Gasteiger partial charge in [0.1, 0.15) is 0 Å². The van der Waals surface area contributed by atoms with E-state index in [2.05, 4.69) is 17.0 Å². The molecule has 0 spiro atoms. The van der Waals surface area contributed by atoms with Crippen LogP contribution >= 0.6 is 11.8 Å². The molecule has 0 amide bonds. The number of nitrogens with one attached hydrogen (secondary N) is 2. The van der Waals surface area contributed by atoms with Crippen LogP contribution in [0.4, 0.5) is 0 Å². The molecule has 6 heteroatoms. The van der Waals surface area contributed by atoms with Gasteiger partial charge in [0.2, 0.25) is 10.0 Å². The maximum atomic E-state index is 11.3. The standard InChI is InChI=1S/C8H20N2O2S2/c1-8(13-3)4-5-10-14(11,12)7-6-9-2/h8-10H,4-7H2,1-3H3. The third-order valence-electron chi connectivity index (χ3n) is 1.90. The van der Waals surface area contributed by atoms with E-state index < -0.39 is 10.0 Å². The first kappa shape index (κ1) is 14.2. The highest BCUT2D eigenvalue weighted by molar-refractivity contribution is 7.99. The first-order valence-electron chi connectivity index (χ1n) is 4.66. The van der Waals surface area contributed by atoms with Crippen LogP contribution in [-0.4, -0.2) is 45.8 Å². The van der Waals surface area contributed by atoms with E-state index in [1.807, 2.05) is 6.26 Å². The Morgan fingerprint density at radius 1 is 1.36 bits per heavy atom. The summed E-state index contributed by atoms with van der Waals surface area (Å²) in [5.74, 6) is 0.150. The van der Waals surface area contributed by atoms with Gasteiger partial charge in [-0.3, -0.25) is 0 Å². The zero-order valence-corrected chi connectivity index (χ0v) is 10.7. The highest BCUT2D eigenvalue weighted by atomic mass is 32.2. The fourth-order valence-electron chi connectivity index (χ4n) is 0.844. The number of hydrogen-bond donors (Lipinski definition) is 2. The van der Waals surface area contributed by atoms with Crippen LogP contribution in [-0.2, 0) is 10.0 Å². The molecule has 86 valence electrons. The molecule has 0 aromatic heterocycles. The molecule has 0 radical (unpaired) electrons. The van der Waals surface area contributed by atoms with Crippen LogP contribution in [0.5, 0.6) is 0 Å². The molecule has 0 aliphatic heterocycles. The first-order chi connectivity index (χ1) is 6.52. The van der Waals surface area contributed by atoms with Gasteiger partial charge in [-0.1, -0.05) is 6.92 Å². The van der Waals surface area contributed by atoms with Crippen molar-refractivity contribution in [2.45, 2.75) is 18.6 Å². The van der Waals surface area contributed by atoms with Crippen molar-refractivity contribution in [3.05, 3.63) is 0 Å². The van der Waals surface area contributed by atoms with Gasteiger partial charge in [0, 0.05) is 18.3 Å². The van der Waals surface area contributed by atoms with Gasteiger partial charge in [-0.25, -0.2) is 13.1 Å². The van der Waals surface area contributed by atoms with Crippen LogP contribution < -0.4 is 10.0 Å². The molecule has 0 aromatic rings. The summed E-state index contributed by atoms with van der Waals surface area (Å²) in [4.78, 5) is 0. The molecular formula is C8H20N2O2S2. The molecule has 1 unspecified atom stereocenters. The predicted molar refractivity (Wildman–Crippen MR) is 63.3 cm³/mol. The zero-order valence-electron chi connectivity index (χ0n) is 9.04. The molecule has 0 fully saturated rings. The van der Waals surface area contributed by atoms with Gasteiger partial charge in [0.15, 0.2) is 0 Å². The Hall–Kier alpha value is 0.220. The summed E-state index contributed by atoms with van der Waals surface area (Å²) in [7, 11) is -1.33. The highest BCUT2D eigenvalue weighted by Gasteiger charge is 2.08. The van der Waals surface area contributed by atoms with Gasteiger partial charge in [-0.15, -0.1) is 0 Å². The summed E-state index contributed by atoms with van der Waals surface area (Å²) in [5, 5.41) is 3.31.